The molecule has 4 heteroatoms. The molecular formula is C57H52N4. The lowest BCUT2D eigenvalue weighted by atomic mass is 9.70. The van der Waals surface area contributed by atoms with Gasteiger partial charge < -0.3 is 19.6 Å². The van der Waals surface area contributed by atoms with E-state index < -0.39 is 5.41 Å². The van der Waals surface area contributed by atoms with Crippen LogP contribution in [0.3, 0.4) is 0 Å². The molecule has 0 aromatic heterocycles. The third-order valence-corrected chi connectivity index (χ3v) is 13.0. The second kappa shape index (κ2) is 15.9. The Bertz CT molecular complexity index is 2420. The summed E-state index contributed by atoms with van der Waals surface area (Å²) in [7, 11) is 0. The zero-order valence-electron chi connectivity index (χ0n) is 35.6. The lowest BCUT2D eigenvalue weighted by Crippen LogP contribution is -2.28. The molecule has 0 N–H and O–H groups in total. The van der Waals surface area contributed by atoms with Gasteiger partial charge in [-0.1, -0.05) is 97.1 Å². The highest BCUT2D eigenvalue weighted by molar-refractivity contribution is 5.98. The number of anilines is 8. The molecule has 0 fully saturated rings. The minimum Gasteiger partial charge on any atom is -0.342 e. The zero-order valence-corrected chi connectivity index (χ0v) is 35.6. The molecule has 0 amide bonds. The van der Waals surface area contributed by atoms with Crippen LogP contribution < -0.4 is 19.6 Å². The van der Waals surface area contributed by atoms with Crippen LogP contribution in [0.2, 0.25) is 0 Å². The fourth-order valence-corrected chi connectivity index (χ4v) is 10.3. The van der Waals surface area contributed by atoms with Gasteiger partial charge in [-0.3, -0.25) is 0 Å². The molecule has 2 aliphatic carbocycles. The summed E-state index contributed by atoms with van der Waals surface area (Å²) in [6.45, 7) is 12.4. The highest BCUT2D eigenvalue weighted by atomic mass is 15.1. The quantitative estimate of drug-likeness (QED) is 0.122. The van der Waals surface area contributed by atoms with Crippen LogP contribution in [-0.4, -0.2) is 26.2 Å². The summed E-state index contributed by atoms with van der Waals surface area (Å²) in [4.78, 5) is 9.79. The molecule has 0 bridgehead atoms. The van der Waals surface area contributed by atoms with E-state index in [2.05, 4.69) is 241 Å². The monoisotopic (exact) mass is 792 g/mol. The second-order valence-electron chi connectivity index (χ2n) is 16.0. The molecule has 10 rings (SSSR count). The average molecular weight is 793 g/mol. The van der Waals surface area contributed by atoms with Gasteiger partial charge in [0.15, 0.2) is 0 Å². The Hall–Kier alpha value is -7.04. The first-order valence-electron chi connectivity index (χ1n) is 22.0. The van der Waals surface area contributed by atoms with Gasteiger partial charge in [0.1, 0.15) is 0 Å². The van der Waals surface area contributed by atoms with E-state index in [0.717, 1.165) is 26.2 Å². The standard InChI is InChI=1S/C57H52N4/c1-5-58(41-21-13-9-14-22-41)45-29-33-49-50-34-30-46(59(6-2)42-23-15-10-16-24-42)38-54(50)57(53(49)37-45)55-39-47(60(7-3)43-25-17-11-18-26-43)31-35-51(55)52-36-32-48(40-56(52)57)61(8-4)44-27-19-12-20-28-44/h9-40H,5-8H2,1-4H3. The van der Waals surface area contributed by atoms with Crippen molar-refractivity contribution in [2.45, 2.75) is 33.1 Å². The molecule has 0 heterocycles. The molecule has 0 radical (unpaired) electrons. The number of fused-ring (bicyclic) bond motifs is 10. The third-order valence-electron chi connectivity index (χ3n) is 13.0. The summed E-state index contributed by atoms with van der Waals surface area (Å²) in [6.07, 6.45) is 0. The highest BCUT2D eigenvalue weighted by Crippen LogP contribution is 2.65. The van der Waals surface area contributed by atoms with E-state index in [0.29, 0.717) is 0 Å². The van der Waals surface area contributed by atoms with E-state index in [4.69, 9.17) is 0 Å². The molecule has 300 valence electrons. The van der Waals surface area contributed by atoms with E-state index in [1.54, 1.807) is 0 Å². The number of nitrogens with zero attached hydrogens (tertiary/aromatic N) is 4. The zero-order chi connectivity index (χ0) is 41.5. The molecule has 61 heavy (non-hydrogen) atoms. The Kier molecular flexibility index (Phi) is 9.92. The molecule has 2 aliphatic rings. The van der Waals surface area contributed by atoms with Crippen molar-refractivity contribution in [3.05, 3.63) is 216 Å². The number of hydrogen-bond acceptors (Lipinski definition) is 4. The lowest BCUT2D eigenvalue weighted by molar-refractivity contribution is 0.790. The molecule has 0 atom stereocenters. The average Bonchev–Trinajstić information content (AvgIpc) is 3.77. The molecule has 0 aliphatic heterocycles. The summed E-state index contributed by atoms with van der Waals surface area (Å²) in [5, 5.41) is 0. The fraction of sp³-hybridized carbons (Fsp3) is 0.158. The first kappa shape index (κ1) is 38.2. The van der Waals surface area contributed by atoms with Gasteiger partial charge in [0.25, 0.3) is 0 Å². The Balaban J connectivity index is 1.29. The Morgan fingerprint density at radius 3 is 0.672 bits per heavy atom. The first-order valence-corrected chi connectivity index (χ1v) is 22.0. The van der Waals surface area contributed by atoms with E-state index >= 15 is 0 Å². The maximum absolute atomic E-state index is 2.52. The predicted molar refractivity (Wildman–Crippen MR) is 259 cm³/mol. The van der Waals surface area contributed by atoms with Crippen molar-refractivity contribution in [2.75, 3.05) is 45.8 Å². The van der Waals surface area contributed by atoms with Crippen molar-refractivity contribution in [3.63, 3.8) is 0 Å². The normalized spacial score (nSPS) is 12.7. The highest BCUT2D eigenvalue weighted by Gasteiger charge is 2.52. The Morgan fingerprint density at radius 1 is 0.262 bits per heavy atom. The molecule has 8 aromatic carbocycles. The van der Waals surface area contributed by atoms with Gasteiger partial charge in [0.2, 0.25) is 0 Å². The number of hydrogen-bond donors (Lipinski definition) is 0. The van der Waals surface area contributed by atoms with Crippen molar-refractivity contribution in [1.82, 2.24) is 0 Å². The van der Waals surface area contributed by atoms with Gasteiger partial charge in [-0.15, -0.1) is 0 Å². The molecule has 8 aromatic rings. The van der Waals surface area contributed by atoms with Crippen molar-refractivity contribution < 1.29 is 0 Å². The van der Waals surface area contributed by atoms with E-state index in [1.807, 2.05) is 0 Å². The minimum atomic E-state index is -0.605. The van der Waals surface area contributed by atoms with Crippen LogP contribution in [-0.2, 0) is 5.41 Å². The predicted octanol–water partition coefficient (Wildman–Crippen LogP) is 14.7. The van der Waals surface area contributed by atoms with Gasteiger partial charge >= 0.3 is 0 Å². The maximum atomic E-state index is 2.52. The number of benzene rings is 8. The van der Waals surface area contributed by atoms with Crippen LogP contribution in [0, 0.1) is 0 Å². The summed E-state index contributed by atoms with van der Waals surface area (Å²) in [5.74, 6) is 0. The van der Waals surface area contributed by atoms with Crippen molar-refractivity contribution in [2.24, 2.45) is 0 Å². The largest absolute Gasteiger partial charge is 0.342 e. The van der Waals surface area contributed by atoms with Crippen LogP contribution in [0.5, 0.6) is 0 Å². The number of para-hydroxylation sites is 4. The van der Waals surface area contributed by atoms with Crippen molar-refractivity contribution in [3.8, 4) is 22.3 Å². The Labute approximate surface area is 361 Å². The molecular weight excluding hydrogens is 741 g/mol. The smallest absolute Gasteiger partial charge is 0.0728 e. The molecule has 4 nitrogen and oxygen atoms in total. The third kappa shape index (κ3) is 6.20. The van der Waals surface area contributed by atoms with E-state index in [1.165, 1.54) is 90.0 Å². The summed E-state index contributed by atoms with van der Waals surface area (Å²) < 4.78 is 0. The van der Waals surface area contributed by atoms with Crippen LogP contribution in [0.15, 0.2) is 194 Å². The van der Waals surface area contributed by atoms with Gasteiger partial charge in [0.05, 0.1) is 5.41 Å². The van der Waals surface area contributed by atoms with Gasteiger partial charge in [-0.2, -0.15) is 0 Å². The van der Waals surface area contributed by atoms with Gasteiger partial charge in [0, 0.05) is 71.7 Å². The minimum absolute atomic E-state index is 0.605. The van der Waals surface area contributed by atoms with Crippen LogP contribution >= 0.6 is 0 Å². The lowest BCUT2D eigenvalue weighted by Gasteiger charge is -2.34. The summed E-state index contributed by atoms with van der Waals surface area (Å²) >= 11 is 0. The van der Waals surface area contributed by atoms with Crippen LogP contribution in [0.25, 0.3) is 22.3 Å². The summed E-state index contributed by atoms with van der Waals surface area (Å²) in [5.41, 5.74) is 19.4. The first-order chi connectivity index (χ1) is 30.1. The fourth-order valence-electron chi connectivity index (χ4n) is 10.3. The van der Waals surface area contributed by atoms with Crippen molar-refractivity contribution in [1.29, 1.82) is 0 Å². The van der Waals surface area contributed by atoms with Gasteiger partial charge in [-0.05, 0) is 169 Å². The molecule has 0 saturated heterocycles. The van der Waals surface area contributed by atoms with E-state index in [9.17, 15) is 0 Å². The SMILES string of the molecule is CCN(c1ccccc1)c1ccc2c(c1)C1(c3cc(N(CC)c4ccccc4)ccc3-2)c2cc(N(CC)c3ccccc3)ccc2-c2ccc(N(CC)c3ccccc3)cc21. The Morgan fingerprint density at radius 2 is 0.475 bits per heavy atom. The van der Waals surface area contributed by atoms with Gasteiger partial charge in [-0.25, -0.2) is 0 Å². The second-order valence-corrected chi connectivity index (χ2v) is 16.0. The number of rotatable bonds is 12. The molecule has 0 unspecified atom stereocenters. The van der Waals surface area contributed by atoms with Crippen LogP contribution in [0.1, 0.15) is 49.9 Å². The topological polar surface area (TPSA) is 13.0 Å². The van der Waals surface area contributed by atoms with E-state index in [-0.39, 0.29) is 0 Å². The molecule has 0 saturated carbocycles. The van der Waals surface area contributed by atoms with Crippen molar-refractivity contribution >= 4 is 45.5 Å². The maximum Gasteiger partial charge on any atom is 0.0728 e. The molecule has 1 spiro atoms. The summed E-state index contributed by atoms with van der Waals surface area (Å²) in [6, 6.07) is 72.3. The van der Waals surface area contributed by atoms with Crippen LogP contribution in [0.4, 0.5) is 45.5 Å².